The van der Waals surface area contributed by atoms with E-state index >= 15 is 0 Å². The number of hydrogen-bond acceptors (Lipinski definition) is 3. The summed E-state index contributed by atoms with van der Waals surface area (Å²) in [5, 5.41) is 3.30. The lowest BCUT2D eigenvalue weighted by Gasteiger charge is -2.13. The van der Waals surface area contributed by atoms with Crippen molar-refractivity contribution in [3.05, 3.63) is 52.4 Å². The molecule has 0 saturated carbocycles. The molecular weight excluding hydrogens is 303 g/mol. The average Bonchev–Trinajstić information content (AvgIpc) is 2.43. The minimum atomic E-state index is -4.34. The molecule has 0 spiro atoms. The number of anilines is 1. The Kier molecular flexibility index (Phi) is 4.67. The highest BCUT2D eigenvalue weighted by Crippen LogP contribution is 2.32. The first-order valence-corrected chi connectivity index (χ1v) is 6.63. The molecule has 0 amide bonds. The van der Waals surface area contributed by atoms with E-state index in [1.54, 1.807) is 13.0 Å². The van der Waals surface area contributed by atoms with Gasteiger partial charge in [-0.25, -0.2) is 9.97 Å². The molecule has 2 aromatic rings. The van der Waals surface area contributed by atoms with Gasteiger partial charge in [0.05, 0.1) is 5.56 Å². The standard InChI is InChI=1S/C14H13ClF3N3/c1-9-12(15)20-8-21-13(9)19-7-6-10-4-2-3-5-11(10)14(16,17)18/h2-5,8H,6-7H2,1H3,(H,19,20,21). The molecule has 0 radical (unpaired) electrons. The van der Waals surface area contributed by atoms with Gasteiger partial charge in [0.25, 0.3) is 0 Å². The summed E-state index contributed by atoms with van der Waals surface area (Å²) in [6.45, 7) is 2.07. The smallest absolute Gasteiger partial charge is 0.369 e. The van der Waals surface area contributed by atoms with Crippen LogP contribution < -0.4 is 5.32 Å². The third-order valence-corrected chi connectivity index (χ3v) is 3.41. The molecule has 2 rings (SSSR count). The van der Waals surface area contributed by atoms with E-state index in [-0.39, 0.29) is 12.0 Å². The Bertz CT molecular complexity index is 629. The molecule has 0 atom stereocenters. The topological polar surface area (TPSA) is 37.8 Å². The molecule has 7 heteroatoms. The Labute approximate surface area is 125 Å². The van der Waals surface area contributed by atoms with Crippen molar-refractivity contribution in [2.45, 2.75) is 19.5 Å². The molecule has 0 unspecified atom stereocenters. The summed E-state index contributed by atoms with van der Waals surface area (Å²) in [6.07, 6.45) is -2.80. The largest absolute Gasteiger partial charge is 0.416 e. The number of halogens is 4. The number of aromatic nitrogens is 2. The van der Waals surface area contributed by atoms with Crippen LogP contribution in [0, 0.1) is 6.92 Å². The van der Waals surface area contributed by atoms with Crippen LogP contribution in [0.2, 0.25) is 5.15 Å². The maximum atomic E-state index is 12.9. The number of rotatable bonds is 4. The fraction of sp³-hybridized carbons (Fsp3) is 0.286. The summed E-state index contributed by atoms with van der Waals surface area (Å²) in [5.41, 5.74) is 0.308. The van der Waals surface area contributed by atoms with E-state index in [2.05, 4.69) is 15.3 Å². The second kappa shape index (κ2) is 6.30. The van der Waals surface area contributed by atoms with Gasteiger partial charge in [-0.3, -0.25) is 0 Å². The van der Waals surface area contributed by atoms with Crippen molar-refractivity contribution in [3.8, 4) is 0 Å². The minimum absolute atomic E-state index is 0.233. The lowest BCUT2D eigenvalue weighted by atomic mass is 10.0. The first-order chi connectivity index (χ1) is 9.89. The zero-order valence-corrected chi connectivity index (χ0v) is 12.0. The SMILES string of the molecule is Cc1c(Cl)ncnc1NCCc1ccccc1C(F)(F)F. The van der Waals surface area contributed by atoms with Gasteiger partial charge in [-0.1, -0.05) is 29.8 Å². The highest BCUT2D eigenvalue weighted by Gasteiger charge is 2.32. The van der Waals surface area contributed by atoms with Crippen LogP contribution in [-0.4, -0.2) is 16.5 Å². The number of hydrogen-bond donors (Lipinski definition) is 1. The normalized spacial score (nSPS) is 11.5. The molecule has 0 fully saturated rings. The van der Waals surface area contributed by atoms with Gasteiger partial charge in [-0.15, -0.1) is 0 Å². The van der Waals surface area contributed by atoms with Crippen molar-refractivity contribution in [3.63, 3.8) is 0 Å². The molecule has 1 aromatic carbocycles. The van der Waals surface area contributed by atoms with Crippen LogP contribution in [0.3, 0.4) is 0 Å². The zero-order valence-electron chi connectivity index (χ0n) is 11.2. The lowest BCUT2D eigenvalue weighted by Crippen LogP contribution is -2.13. The minimum Gasteiger partial charge on any atom is -0.369 e. The molecule has 1 heterocycles. The van der Waals surface area contributed by atoms with E-state index in [4.69, 9.17) is 11.6 Å². The summed E-state index contributed by atoms with van der Waals surface area (Å²) in [4.78, 5) is 7.83. The Balaban J connectivity index is 2.06. The first kappa shape index (κ1) is 15.6. The second-order valence-electron chi connectivity index (χ2n) is 4.47. The first-order valence-electron chi connectivity index (χ1n) is 6.25. The highest BCUT2D eigenvalue weighted by molar-refractivity contribution is 6.30. The van der Waals surface area contributed by atoms with Gasteiger partial charge in [0.2, 0.25) is 0 Å². The molecule has 0 aliphatic heterocycles. The summed E-state index contributed by atoms with van der Waals surface area (Å²) in [5.74, 6) is 0.527. The Hall–Kier alpha value is -1.82. The number of alkyl halides is 3. The van der Waals surface area contributed by atoms with Crippen LogP contribution in [0.5, 0.6) is 0 Å². The average molecular weight is 316 g/mol. The molecule has 3 nitrogen and oxygen atoms in total. The molecule has 21 heavy (non-hydrogen) atoms. The van der Waals surface area contributed by atoms with Crippen molar-refractivity contribution in [2.75, 3.05) is 11.9 Å². The Morgan fingerprint density at radius 2 is 1.90 bits per heavy atom. The summed E-state index contributed by atoms with van der Waals surface area (Å²) in [7, 11) is 0. The molecule has 0 bridgehead atoms. The van der Waals surface area contributed by atoms with E-state index in [9.17, 15) is 13.2 Å². The maximum absolute atomic E-state index is 12.9. The molecule has 1 N–H and O–H groups in total. The summed E-state index contributed by atoms with van der Waals surface area (Å²) < 4.78 is 38.6. The van der Waals surface area contributed by atoms with Crippen LogP contribution in [0.25, 0.3) is 0 Å². The maximum Gasteiger partial charge on any atom is 0.416 e. The van der Waals surface area contributed by atoms with Gasteiger partial charge in [0.15, 0.2) is 0 Å². The van der Waals surface area contributed by atoms with Crippen LogP contribution in [0.1, 0.15) is 16.7 Å². The monoisotopic (exact) mass is 315 g/mol. The van der Waals surface area contributed by atoms with E-state index < -0.39 is 11.7 Å². The van der Waals surface area contributed by atoms with Gasteiger partial charge in [0.1, 0.15) is 17.3 Å². The predicted molar refractivity (Wildman–Crippen MR) is 75.4 cm³/mol. The van der Waals surface area contributed by atoms with Crippen molar-refractivity contribution in [2.24, 2.45) is 0 Å². The van der Waals surface area contributed by atoms with E-state index in [1.165, 1.54) is 18.5 Å². The molecule has 0 aliphatic rings. The van der Waals surface area contributed by atoms with Gasteiger partial charge in [-0.2, -0.15) is 13.2 Å². The highest BCUT2D eigenvalue weighted by atomic mass is 35.5. The van der Waals surface area contributed by atoms with Crippen LogP contribution in [0.15, 0.2) is 30.6 Å². The van der Waals surface area contributed by atoms with Gasteiger partial charge in [-0.05, 0) is 25.0 Å². The Morgan fingerprint density at radius 1 is 1.19 bits per heavy atom. The van der Waals surface area contributed by atoms with Crippen molar-refractivity contribution < 1.29 is 13.2 Å². The summed E-state index contributed by atoms with van der Waals surface area (Å²) in [6, 6.07) is 5.54. The third kappa shape index (κ3) is 3.85. The molecule has 1 aromatic heterocycles. The fourth-order valence-corrected chi connectivity index (χ4v) is 2.07. The predicted octanol–water partition coefficient (Wildman–Crippen LogP) is 4.11. The second-order valence-corrected chi connectivity index (χ2v) is 4.83. The quantitative estimate of drug-likeness (QED) is 0.863. The van der Waals surface area contributed by atoms with Crippen molar-refractivity contribution >= 4 is 17.4 Å². The van der Waals surface area contributed by atoms with Crippen molar-refractivity contribution in [1.29, 1.82) is 0 Å². The lowest BCUT2D eigenvalue weighted by molar-refractivity contribution is -0.138. The molecule has 112 valence electrons. The summed E-state index contributed by atoms with van der Waals surface area (Å²) >= 11 is 5.85. The van der Waals surface area contributed by atoms with Crippen LogP contribution in [-0.2, 0) is 12.6 Å². The third-order valence-electron chi connectivity index (χ3n) is 3.03. The van der Waals surface area contributed by atoms with Crippen molar-refractivity contribution in [1.82, 2.24) is 9.97 Å². The zero-order chi connectivity index (χ0) is 15.5. The van der Waals surface area contributed by atoms with Crippen LogP contribution >= 0.6 is 11.6 Å². The van der Waals surface area contributed by atoms with Gasteiger partial charge in [0, 0.05) is 12.1 Å². The van der Waals surface area contributed by atoms with Gasteiger partial charge < -0.3 is 5.32 Å². The van der Waals surface area contributed by atoms with E-state index in [0.29, 0.717) is 23.1 Å². The molecule has 0 saturated heterocycles. The number of nitrogens with zero attached hydrogens (tertiary/aromatic N) is 2. The van der Waals surface area contributed by atoms with E-state index in [0.717, 1.165) is 6.07 Å². The number of nitrogens with one attached hydrogen (secondary N) is 1. The number of benzene rings is 1. The Morgan fingerprint density at radius 3 is 2.62 bits per heavy atom. The molecular formula is C14H13ClF3N3. The van der Waals surface area contributed by atoms with E-state index in [1.807, 2.05) is 0 Å². The van der Waals surface area contributed by atoms with Crippen LogP contribution in [0.4, 0.5) is 19.0 Å². The fourth-order valence-electron chi connectivity index (χ4n) is 1.94. The molecule has 0 aliphatic carbocycles. The van der Waals surface area contributed by atoms with Gasteiger partial charge >= 0.3 is 6.18 Å².